The zero-order valence-electron chi connectivity index (χ0n) is 8.12. The van der Waals surface area contributed by atoms with Crippen molar-refractivity contribution in [2.45, 2.75) is 31.3 Å². The third-order valence-electron chi connectivity index (χ3n) is 2.33. The van der Waals surface area contributed by atoms with Crippen LogP contribution in [-0.2, 0) is 9.47 Å². The maximum atomic E-state index is 9.61. The average molecular weight is 184 g/mol. The van der Waals surface area contributed by atoms with Gasteiger partial charge in [0.05, 0.1) is 0 Å². The lowest BCUT2D eigenvalue weighted by Gasteiger charge is -2.40. The van der Waals surface area contributed by atoms with Gasteiger partial charge in [0.15, 0.2) is 5.79 Å². The summed E-state index contributed by atoms with van der Waals surface area (Å²) >= 11 is 0. The molecule has 0 spiro atoms. The van der Waals surface area contributed by atoms with E-state index in [0.29, 0.717) is 6.42 Å². The average Bonchev–Trinajstić information content (AvgIpc) is 2.11. The SMILES string of the molecule is C=CC1OC(C)(OC)CC(=C)C1O. The molecule has 0 amide bonds. The molecule has 3 atom stereocenters. The van der Waals surface area contributed by atoms with E-state index in [1.54, 1.807) is 13.2 Å². The predicted octanol–water partition coefficient (Wildman–Crippen LogP) is 1.24. The van der Waals surface area contributed by atoms with Crippen molar-refractivity contribution < 1.29 is 14.6 Å². The molecule has 0 radical (unpaired) electrons. The van der Waals surface area contributed by atoms with Crippen molar-refractivity contribution in [2.75, 3.05) is 7.11 Å². The van der Waals surface area contributed by atoms with Crippen LogP contribution in [0.3, 0.4) is 0 Å². The number of ether oxygens (including phenoxy) is 2. The van der Waals surface area contributed by atoms with Gasteiger partial charge in [0.2, 0.25) is 0 Å². The van der Waals surface area contributed by atoms with Crippen molar-refractivity contribution in [3.8, 4) is 0 Å². The quantitative estimate of drug-likeness (QED) is 0.656. The monoisotopic (exact) mass is 184 g/mol. The van der Waals surface area contributed by atoms with E-state index < -0.39 is 18.0 Å². The summed E-state index contributed by atoms with van der Waals surface area (Å²) < 4.78 is 10.7. The summed E-state index contributed by atoms with van der Waals surface area (Å²) in [4.78, 5) is 0. The van der Waals surface area contributed by atoms with E-state index in [-0.39, 0.29) is 0 Å². The lowest BCUT2D eigenvalue weighted by Crippen LogP contribution is -2.46. The van der Waals surface area contributed by atoms with Crippen LogP contribution in [0.1, 0.15) is 13.3 Å². The second-order valence-corrected chi connectivity index (χ2v) is 3.44. The van der Waals surface area contributed by atoms with Crippen LogP contribution in [0.25, 0.3) is 0 Å². The smallest absolute Gasteiger partial charge is 0.169 e. The Labute approximate surface area is 78.7 Å². The minimum Gasteiger partial charge on any atom is -0.386 e. The van der Waals surface area contributed by atoms with Gasteiger partial charge >= 0.3 is 0 Å². The van der Waals surface area contributed by atoms with Gasteiger partial charge in [-0.1, -0.05) is 12.7 Å². The number of rotatable bonds is 2. The normalized spacial score (nSPS) is 40.4. The van der Waals surface area contributed by atoms with Crippen LogP contribution in [0, 0.1) is 0 Å². The zero-order chi connectivity index (χ0) is 10.1. The van der Waals surface area contributed by atoms with Crippen molar-refractivity contribution in [3.05, 3.63) is 24.8 Å². The summed E-state index contributed by atoms with van der Waals surface area (Å²) in [6, 6.07) is 0. The zero-order valence-corrected chi connectivity index (χ0v) is 8.12. The molecular formula is C10H16O3. The number of aliphatic hydroxyl groups excluding tert-OH is 1. The first kappa shape index (κ1) is 10.4. The summed E-state index contributed by atoms with van der Waals surface area (Å²) in [6.07, 6.45) is 0.980. The first-order valence-electron chi connectivity index (χ1n) is 4.23. The maximum absolute atomic E-state index is 9.61. The predicted molar refractivity (Wildman–Crippen MR) is 50.2 cm³/mol. The molecule has 1 saturated heterocycles. The molecule has 0 aromatic carbocycles. The van der Waals surface area contributed by atoms with Crippen molar-refractivity contribution in [2.24, 2.45) is 0 Å². The number of hydrogen-bond donors (Lipinski definition) is 1. The second kappa shape index (κ2) is 3.62. The molecule has 1 aliphatic heterocycles. The number of aliphatic hydroxyl groups is 1. The molecule has 3 heteroatoms. The van der Waals surface area contributed by atoms with Crippen molar-refractivity contribution in [1.82, 2.24) is 0 Å². The van der Waals surface area contributed by atoms with Gasteiger partial charge in [0.1, 0.15) is 12.2 Å². The van der Waals surface area contributed by atoms with Crippen molar-refractivity contribution in [1.29, 1.82) is 0 Å². The van der Waals surface area contributed by atoms with Crippen LogP contribution in [0.15, 0.2) is 24.8 Å². The minimum absolute atomic E-state index is 0.425. The molecule has 0 aliphatic carbocycles. The van der Waals surface area contributed by atoms with E-state index in [4.69, 9.17) is 9.47 Å². The van der Waals surface area contributed by atoms with E-state index in [1.165, 1.54) is 0 Å². The van der Waals surface area contributed by atoms with Gasteiger partial charge in [-0.05, 0) is 12.5 Å². The van der Waals surface area contributed by atoms with Gasteiger partial charge in [-0.2, -0.15) is 0 Å². The molecule has 0 saturated carbocycles. The van der Waals surface area contributed by atoms with Crippen molar-refractivity contribution in [3.63, 3.8) is 0 Å². The van der Waals surface area contributed by atoms with Gasteiger partial charge in [-0.25, -0.2) is 0 Å². The Morgan fingerprint density at radius 1 is 1.77 bits per heavy atom. The summed E-state index contributed by atoms with van der Waals surface area (Å²) in [6.45, 7) is 9.19. The van der Waals surface area contributed by atoms with Crippen LogP contribution in [0.5, 0.6) is 0 Å². The minimum atomic E-state index is -0.685. The number of hydrogen-bond acceptors (Lipinski definition) is 3. The summed E-state index contributed by atoms with van der Waals surface area (Å²) in [5.41, 5.74) is 0.723. The highest BCUT2D eigenvalue weighted by Gasteiger charge is 2.38. The summed E-state index contributed by atoms with van der Waals surface area (Å²) in [5.74, 6) is -0.685. The van der Waals surface area contributed by atoms with Gasteiger partial charge in [0, 0.05) is 13.5 Å². The van der Waals surface area contributed by atoms with Crippen LogP contribution in [0.4, 0.5) is 0 Å². The number of methoxy groups -OCH3 is 1. The largest absolute Gasteiger partial charge is 0.386 e. The standard InChI is InChI=1S/C10H16O3/c1-5-8-9(11)7(2)6-10(3,12-4)13-8/h5,8-9,11H,1-2,6H2,3-4H3. The molecule has 0 aromatic rings. The summed E-state index contributed by atoms with van der Waals surface area (Å²) in [5, 5.41) is 9.61. The molecule has 3 nitrogen and oxygen atoms in total. The van der Waals surface area contributed by atoms with Crippen molar-refractivity contribution >= 4 is 0 Å². The fourth-order valence-corrected chi connectivity index (χ4v) is 1.44. The van der Waals surface area contributed by atoms with E-state index >= 15 is 0 Å². The third kappa shape index (κ3) is 1.99. The Kier molecular flexibility index (Phi) is 2.91. The van der Waals surface area contributed by atoms with Crippen LogP contribution < -0.4 is 0 Å². The first-order chi connectivity index (χ1) is 6.02. The fourth-order valence-electron chi connectivity index (χ4n) is 1.44. The lowest BCUT2D eigenvalue weighted by atomic mass is 9.95. The van der Waals surface area contributed by atoms with Crippen LogP contribution >= 0.6 is 0 Å². The topological polar surface area (TPSA) is 38.7 Å². The second-order valence-electron chi connectivity index (χ2n) is 3.44. The molecule has 1 aliphatic rings. The third-order valence-corrected chi connectivity index (χ3v) is 2.33. The highest BCUT2D eigenvalue weighted by molar-refractivity contribution is 5.14. The van der Waals surface area contributed by atoms with E-state index in [1.807, 2.05) is 6.92 Å². The van der Waals surface area contributed by atoms with Gasteiger partial charge in [-0.15, -0.1) is 6.58 Å². The molecule has 1 fully saturated rings. The van der Waals surface area contributed by atoms with Crippen LogP contribution in [0.2, 0.25) is 0 Å². The highest BCUT2D eigenvalue weighted by Crippen LogP contribution is 2.32. The molecular weight excluding hydrogens is 168 g/mol. The van der Waals surface area contributed by atoms with Crippen LogP contribution in [-0.4, -0.2) is 30.2 Å². The summed E-state index contributed by atoms with van der Waals surface area (Å²) in [7, 11) is 1.57. The lowest BCUT2D eigenvalue weighted by molar-refractivity contribution is -0.253. The van der Waals surface area contributed by atoms with E-state index in [2.05, 4.69) is 13.2 Å². The molecule has 13 heavy (non-hydrogen) atoms. The molecule has 1 N–H and O–H groups in total. The Bertz CT molecular complexity index is 224. The molecule has 74 valence electrons. The van der Waals surface area contributed by atoms with Gasteiger partial charge < -0.3 is 14.6 Å². The van der Waals surface area contributed by atoms with E-state index in [0.717, 1.165) is 5.57 Å². The Morgan fingerprint density at radius 2 is 2.38 bits per heavy atom. The molecule has 1 rings (SSSR count). The first-order valence-corrected chi connectivity index (χ1v) is 4.23. The Balaban J connectivity index is 2.80. The molecule has 1 heterocycles. The van der Waals surface area contributed by atoms with Gasteiger partial charge in [-0.3, -0.25) is 0 Å². The van der Waals surface area contributed by atoms with E-state index in [9.17, 15) is 5.11 Å². The molecule has 0 bridgehead atoms. The fraction of sp³-hybridized carbons (Fsp3) is 0.600. The molecule has 0 aromatic heterocycles. The highest BCUT2D eigenvalue weighted by atomic mass is 16.7. The van der Waals surface area contributed by atoms with Gasteiger partial charge in [0.25, 0.3) is 0 Å². The Hall–Kier alpha value is -0.640. The molecule has 3 unspecified atom stereocenters. The Morgan fingerprint density at radius 3 is 2.85 bits per heavy atom. The maximum Gasteiger partial charge on any atom is 0.169 e.